The quantitative estimate of drug-likeness (QED) is 0.171. The van der Waals surface area contributed by atoms with E-state index < -0.39 is 0 Å². The standard InChI is InChI=1S/C36H37N3O7/c1-21-8-10-22(11-9-21)14-15-37-36(40)23-12-13-26-27(16-23)39-33(25-19-30(43-4)35(46-7)31(20-25)44-5)32(38-26)24-17-28(41-2)34(45-6)29(18-24)42-3/h8-13,16-20H,14-15H2,1-7H3,(H,37,40). The van der Waals surface area contributed by atoms with Gasteiger partial charge in [-0.2, -0.15) is 0 Å². The summed E-state index contributed by atoms with van der Waals surface area (Å²) in [5.41, 5.74) is 6.33. The molecule has 0 saturated carbocycles. The van der Waals surface area contributed by atoms with Gasteiger partial charge in [-0.15, -0.1) is 0 Å². The van der Waals surface area contributed by atoms with Gasteiger partial charge in [0.25, 0.3) is 5.91 Å². The zero-order chi connectivity index (χ0) is 32.8. The number of fused-ring (bicyclic) bond motifs is 1. The van der Waals surface area contributed by atoms with E-state index in [1.807, 2.05) is 12.1 Å². The van der Waals surface area contributed by atoms with Crippen LogP contribution in [0.4, 0.5) is 0 Å². The lowest BCUT2D eigenvalue weighted by Crippen LogP contribution is -2.25. The zero-order valence-corrected chi connectivity index (χ0v) is 27.0. The maximum absolute atomic E-state index is 13.2. The molecule has 1 N–H and O–H groups in total. The molecule has 0 bridgehead atoms. The molecule has 0 atom stereocenters. The molecule has 5 aromatic rings. The molecule has 0 aliphatic rings. The summed E-state index contributed by atoms with van der Waals surface area (Å²) in [5.74, 6) is 2.54. The van der Waals surface area contributed by atoms with E-state index in [4.69, 9.17) is 38.4 Å². The molecule has 0 fully saturated rings. The highest BCUT2D eigenvalue weighted by molar-refractivity contribution is 5.98. The van der Waals surface area contributed by atoms with Crippen molar-refractivity contribution in [3.63, 3.8) is 0 Å². The number of methoxy groups -OCH3 is 6. The van der Waals surface area contributed by atoms with E-state index in [2.05, 4.69) is 36.5 Å². The molecule has 1 amide bonds. The Hall–Kier alpha value is -5.51. The molecule has 0 aliphatic carbocycles. The number of hydrogen-bond acceptors (Lipinski definition) is 9. The Labute approximate surface area is 268 Å². The maximum atomic E-state index is 13.2. The molecule has 5 rings (SSSR count). The molecule has 46 heavy (non-hydrogen) atoms. The van der Waals surface area contributed by atoms with E-state index in [0.717, 1.165) is 12.0 Å². The molecule has 0 spiro atoms. The van der Waals surface area contributed by atoms with E-state index in [1.165, 1.54) is 5.56 Å². The van der Waals surface area contributed by atoms with E-state index in [1.54, 1.807) is 73.0 Å². The fourth-order valence-corrected chi connectivity index (χ4v) is 5.21. The fourth-order valence-electron chi connectivity index (χ4n) is 5.21. The van der Waals surface area contributed by atoms with Crippen LogP contribution in [0.1, 0.15) is 21.5 Å². The van der Waals surface area contributed by atoms with E-state index >= 15 is 0 Å². The third-order valence-electron chi connectivity index (χ3n) is 7.62. The first-order valence-electron chi connectivity index (χ1n) is 14.6. The molecule has 0 unspecified atom stereocenters. The van der Waals surface area contributed by atoms with Crippen molar-refractivity contribution < 1.29 is 33.2 Å². The van der Waals surface area contributed by atoms with Crippen LogP contribution in [-0.4, -0.2) is 65.1 Å². The number of nitrogens with zero attached hydrogens (tertiary/aromatic N) is 2. The largest absolute Gasteiger partial charge is 0.493 e. The van der Waals surface area contributed by atoms with Crippen LogP contribution in [0.3, 0.4) is 0 Å². The Morgan fingerprint density at radius 1 is 0.609 bits per heavy atom. The Balaban J connectivity index is 1.62. The van der Waals surface area contributed by atoms with Crippen LogP contribution in [0, 0.1) is 6.92 Å². The number of benzene rings is 4. The second-order valence-electron chi connectivity index (χ2n) is 10.4. The minimum atomic E-state index is -0.196. The van der Waals surface area contributed by atoms with Gasteiger partial charge >= 0.3 is 0 Å². The van der Waals surface area contributed by atoms with Gasteiger partial charge in [0, 0.05) is 23.2 Å². The predicted octanol–water partition coefficient (Wildman–Crippen LogP) is 6.30. The number of amides is 1. The van der Waals surface area contributed by atoms with Gasteiger partial charge in [0.05, 0.1) is 65.1 Å². The summed E-state index contributed by atoms with van der Waals surface area (Å²) >= 11 is 0. The van der Waals surface area contributed by atoms with Crippen molar-refractivity contribution in [2.75, 3.05) is 49.2 Å². The van der Waals surface area contributed by atoms with Crippen molar-refractivity contribution in [3.05, 3.63) is 83.4 Å². The number of rotatable bonds is 12. The second kappa shape index (κ2) is 14.1. The van der Waals surface area contributed by atoms with Crippen LogP contribution in [0.2, 0.25) is 0 Å². The van der Waals surface area contributed by atoms with E-state index in [-0.39, 0.29) is 5.91 Å². The Morgan fingerprint density at radius 3 is 1.54 bits per heavy atom. The lowest BCUT2D eigenvalue weighted by molar-refractivity contribution is 0.0954. The SMILES string of the molecule is COc1cc(-c2nc3ccc(C(=O)NCCc4ccc(C)cc4)cc3nc2-c2cc(OC)c(OC)c(OC)c2)cc(OC)c1OC. The molecule has 0 aliphatic heterocycles. The Morgan fingerprint density at radius 2 is 1.09 bits per heavy atom. The van der Waals surface area contributed by atoms with Crippen molar-refractivity contribution in [1.29, 1.82) is 0 Å². The van der Waals surface area contributed by atoms with Crippen molar-refractivity contribution in [2.45, 2.75) is 13.3 Å². The number of ether oxygens (including phenoxy) is 6. The molecular weight excluding hydrogens is 586 g/mol. The third-order valence-corrected chi connectivity index (χ3v) is 7.62. The van der Waals surface area contributed by atoms with Crippen LogP contribution < -0.4 is 33.7 Å². The van der Waals surface area contributed by atoms with Crippen molar-refractivity contribution in [2.24, 2.45) is 0 Å². The first-order valence-corrected chi connectivity index (χ1v) is 14.6. The van der Waals surface area contributed by atoms with Crippen LogP contribution in [0.5, 0.6) is 34.5 Å². The monoisotopic (exact) mass is 623 g/mol. The summed E-state index contributed by atoms with van der Waals surface area (Å²) < 4.78 is 33.6. The summed E-state index contributed by atoms with van der Waals surface area (Å²) in [6.07, 6.45) is 0.725. The van der Waals surface area contributed by atoms with Gasteiger partial charge in [0.2, 0.25) is 11.5 Å². The molecular formula is C36H37N3O7. The van der Waals surface area contributed by atoms with E-state index in [0.29, 0.717) is 80.2 Å². The van der Waals surface area contributed by atoms with Gasteiger partial charge in [0.15, 0.2) is 23.0 Å². The fraction of sp³-hybridized carbons (Fsp3) is 0.250. The van der Waals surface area contributed by atoms with Gasteiger partial charge in [-0.25, -0.2) is 9.97 Å². The molecule has 0 radical (unpaired) electrons. The van der Waals surface area contributed by atoms with Crippen LogP contribution >= 0.6 is 0 Å². The highest BCUT2D eigenvalue weighted by Crippen LogP contribution is 2.45. The van der Waals surface area contributed by atoms with Crippen molar-refractivity contribution in [3.8, 4) is 57.0 Å². The normalized spacial score (nSPS) is 10.8. The number of carbonyl (C=O) groups excluding carboxylic acids is 1. The topological polar surface area (TPSA) is 110 Å². The average Bonchev–Trinajstić information content (AvgIpc) is 3.10. The number of aromatic nitrogens is 2. The first-order chi connectivity index (χ1) is 22.3. The summed E-state index contributed by atoms with van der Waals surface area (Å²) in [6, 6.07) is 20.8. The van der Waals surface area contributed by atoms with Gasteiger partial charge in [-0.05, 0) is 61.4 Å². The zero-order valence-electron chi connectivity index (χ0n) is 27.0. The lowest BCUT2D eigenvalue weighted by atomic mass is 10.0. The van der Waals surface area contributed by atoms with Gasteiger partial charge < -0.3 is 33.7 Å². The van der Waals surface area contributed by atoms with Gasteiger partial charge in [-0.1, -0.05) is 29.8 Å². The number of carbonyl (C=O) groups is 1. The molecule has 238 valence electrons. The first kappa shape index (κ1) is 31.9. The summed E-state index contributed by atoms with van der Waals surface area (Å²) in [5, 5.41) is 3.02. The minimum absolute atomic E-state index is 0.196. The Bertz CT molecular complexity index is 1820. The Kier molecular flexibility index (Phi) is 9.76. The predicted molar refractivity (Wildman–Crippen MR) is 177 cm³/mol. The van der Waals surface area contributed by atoms with Crippen molar-refractivity contribution >= 4 is 16.9 Å². The number of aryl methyl sites for hydroxylation is 1. The molecule has 1 aromatic heterocycles. The number of hydrogen-bond donors (Lipinski definition) is 1. The molecule has 10 nitrogen and oxygen atoms in total. The maximum Gasteiger partial charge on any atom is 0.251 e. The van der Waals surface area contributed by atoms with Crippen molar-refractivity contribution in [1.82, 2.24) is 15.3 Å². The molecule has 10 heteroatoms. The van der Waals surface area contributed by atoms with Crippen LogP contribution in [0.15, 0.2) is 66.7 Å². The van der Waals surface area contributed by atoms with Crippen LogP contribution in [-0.2, 0) is 6.42 Å². The van der Waals surface area contributed by atoms with Gasteiger partial charge in [-0.3, -0.25) is 4.79 Å². The smallest absolute Gasteiger partial charge is 0.251 e. The summed E-state index contributed by atoms with van der Waals surface area (Å²) in [7, 11) is 9.31. The number of nitrogens with one attached hydrogen (secondary N) is 1. The van der Waals surface area contributed by atoms with Crippen LogP contribution in [0.25, 0.3) is 33.5 Å². The summed E-state index contributed by atoms with van der Waals surface area (Å²) in [6.45, 7) is 2.55. The third kappa shape index (κ3) is 6.46. The molecule has 1 heterocycles. The highest BCUT2D eigenvalue weighted by atomic mass is 16.5. The highest BCUT2D eigenvalue weighted by Gasteiger charge is 2.22. The van der Waals surface area contributed by atoms with E-state index in [9.17, 15) is 4.79 Å². The lowest BCUT2D eigenvalue weighted by Gasteiger charge is -2.18. The second-order valence-corrected chi connectivity index (χ2v) is 10.4. The minimum Gasteiger partial charge on any atom is -0.493 e. The van der Waals surface area contributed by atoms with Gasteiger partial charge in [0.1, 0.15) is 0 Å². The average molecular weight is 624 g/mol. The summed E-state index contributed by atoms with van der Waals surface area (Å²) in [4.78, 5) is 23.3. The molecule has 4 aromatic carbocycles. The molecule has 0 saturated heterocycles.